The second-order valence-electron chi connectivity index (χ2n) is 6.09. The Morgan fingerprint density at radius 1 is 1.22 bits per heavy atom. The zero-order valence-electron chi connectivity index (χ0n) is 14.1. The Morgan fingerprint density at radius 2 is 1.96 bits per heavy atom. The highest BCUT2D eigenvalue weighted by Crippen LogP contribution is 2.38. The van der Waals surface area contributed by atoms with Gasteiger partial charge in [0.1, 0.15) is 12.4 Å². The summed E-state index contributed by atoms with van der Waals surface area (Å²) in [6, 6.07) is 6.43. The van der Waals surface area contributed by atoms with Crippen LogP contribution >= 0.6 is 0 Å². The molecule has 2 atom stereocenters. The number of amides is 1. The molecule has 9 heteroatoms. The lowest BCUT2D eigenvalue weighted by Crippen LogP contribution is -2.44. The van der Waals surface area contributed by atoms with Crippen LogP contribution in [0.1, 0.15) is 24.1 Å². The minimum Gasteiger partial charge on any atom is -0.485 e. The highest BCUT2D eigenvalue weighted by Gasteiger charge is 2.34. The second-order valence-corrected chi connectivity index (χ2v) is 6.09. The maximum atomic E-state index is 13.6. The van der Waals surface area contributed by atoms with Gasteiger partial charge in [-0.25, -0.2) is 4.39 Å². The van der Waals surface area contributed by atoms with E-state index in [0.717, 1.165) is 18.2 Å². The Hall–Kier alpha value is -2.97. The number of nitrogens with one attached hydrogen (secondary N) is 1. The Bertz CT molecular complexity index is 870. The normalized spacial score (nSPS) is 17.3. The molecule has 5 nitrogen and oxygen atoms in total. The molecule has 144 valence electrons. The van der Waals surface area contributed by atoms with E-state index in [-0.39, 0.29) is 23.8 Å². The smallest absolute Gasteiger partial charge is 0.416 e. The highest BCUT2D eigenvalue weighted by atomic mass is 19.4. The quantitative estimate of drug-likeness (QED) is 0.628. The number of fused-ring (bicyclic) bond motifs is 1. The van der Waals surface area contributed by atoms with Gasteiger partial charge in [0.15, 0.2) is 11.5 Å². The van der Waals surface area contributed by atoms with E-state index in [1.54, 1.807) is 13.0 Å². The van der Waals surface area contributed by atoms with Crippen LogP contribution in [-0.2, 0) is 11.0 Å². The van der Waals surface area contributed by atoms with Gasteiger partial charge in [-0.1, -0.05) is 6.07 Å². The first-order chi connectivity index (χ1) is 12.6. The highest BCUT2D eigenvalue weighted by molar-refractivity contribution is 5.82. The average Bonchev–Trinajstić information content (AvgIpc) is 2.62. The molecule has 2 aromatic carbocycles. The summed E-state index contributed by atoms with van der Waals surface area (Å²) >= 11 is 0. The molecule has 0 bridgehead atoms. The third kappa shape index (κ3) is 4.07. The van der Waals surface area contributed by atoms with Crippen molar-refractivity contribution < 1.29 is 31.8 Å². The maximum absolute atomic E-state index is 13.6. The molecule has 1 heterocycles. The predicted octanol–water partition coefficient (Wildman–Crippen LogP) is 3.44. The lowest BCUT2D eigenvalue weighted by Gasteiger charge is -2.27. The Labute approximate surface area is 152 Å². The third-order valence-corrected chi connectivity index (χ3v) is 4.11. The summed E-state index contributed by atoms with van der Waals surface area (Å²) in [6.07, 6.45) is -5.55. The van der Waals surface area contributed by atoms with Crippen LogP contribution in [0.5, 0.6) is 11.5 Å². The lowest BCUT2D eigenvalue weighted by molar-refractivity contribution is -0.138. The molecule has 0 radical (unpaired) electrons. The largest absolute Gasteiger partial charge is 0.485 e. The molecule has 0 aromatic heterocycles. The van der Waals surface area contributed by atoms with Gasteiger partial charge in [0, 0.05) is 0 Å². The topological polar surface area (TPSA) is 73.6 Å². The molecule has 3 N–H and O–H groups in total. The molecule has 0 unspecified atom stereocenters. The van der Waals surface area contributed by atoms with Crippen LogP contribution in [0.3, 0.4) is 0 Å². The number of alkyl halides is 3. The summed E-state index contributed by atoms with van der Waals surface area (Å²) in [5.74, 6) is -1.17. The standard InChI is InChI=1S/C18H16F4N2O3/c1-9(10-2-4-13(23)12(19)6-10)24-17(25)16-8-26-15-7-11(18(20,21)22)3-5-14(15)27-16/h2-7,9,16H,8,23H2,1H3,(H,24,25)/t9-,16-/m1/s1. The Balaban J connectivity index is 1.67. The number of carbonyl (C=O) groups is 1. The second kappa shape index (κ2) is 6.98. The van der Waals surface area contributed by atoms with Gasteiger partial charge in [-0.05, 0) is 42.8 Å². The molecule has 0 spiro atoms. The first-order valence-electron chi connectivity index (χ1n) is 8.01. The molecule has 1 amide bonds. The number of ether oxygens (including phenoxy) is 2. The predicted molar refractivity (Wildman–Crippen MR) is 88.7 cm³/mol. The van der Waals surface area contributed by atoms with E-state index in [1.807, 2.05) is 0 Å². The van der Waals surface area contributed by atoms with E-state index >= 15 is 0 Å². The minimum absolute atomic E-state index is 0.00359. The molecule has 1 aliphatic heterocycles. The summed E-state index contributed by atoms with van der Waals surface area (Å²) in [5.41, 5.74) is 5.05. The van der Waals surface area contributed by atoms with E-state index in [1.165, 1.54) is 12.1 Å². The van der Waals surface area contributed by atoms with E-state index < -0.39 is 35.6 Å². The fourth-order valence-corrected chi connectivity index (χ4v) is 2.58. The van der Waals surface area contributed by atoms with Crippen LogP contribution < -0.4 is 20.5 Å². The van der Waals surface area contributed by atoms with Crippen molar-refractivity contribution in [3.63, 3.8) is 0 Å². The van der Waals surface area contributed by atoms with Gasteiger partial charge in [-0.15, -0.1) is 0 Å². The van der Waals surface area contributed by atoms with Gasteiger partial charge in [0.05, 0.1) is 17.3 Å². The maximum Gasteiger partial charge on any atom is 0.416 e. The molecule has 27 heavy (non-hydrogen) atoms. The van der Waals surface area contributed by atoms with Crippen molar-refractivity contribution in [3.05, 3.63) is 53.3 Å². The first-order valence-corrected chi connectivity index (χ1v) is 8.01. The molecule has 0 aliphatic carbocycles. The van der Waals surface area contributed by atoms with Crippen molar-refractivity contribution in [3.8, 4) is 11.5 Å². The van der Waals surface area contributed by atoms with Crippen molar-refractivity contribution in [1.82, 2.24) is 5.32 Å². The number of rotatable bonds is 3. The van der Waals surface area contributed by atoms with E-state index in [4.69, 9.17) is 15.2 Å². The van der Waals surface area contributed by atoms with Crippen LogP contribution in [0.25, 0.3) is 0 Å². The number of nitrogens with two attached hydrogens (primary N) is 1. The van der Waals surface area contributed by atoms with Gasteiger partial charge in [0.25, 0.3) is 5.91 Å². The van der Waals surface area contributed by atoms with Crippen molar-refractivity contribution in [2.75, 3.05) is 12.3 Å². The van der Waals surface area contributed by atoms with Crippen LogP contribution in [0.15, 0.2) is 36.4 Å². The van der Waals surface area contributed by atoms with E-state index in [0.29, 0.717) is 5.56 Å². The summed E-state index contributed by atoms with van der Waals surface area (Å²) < 4.78 is 62.4. The fourth-order valence-electron chi connectivity index (χ4n) is 2.58. The van der Waals surface area contributed by atoms with Crippen LogP contribution in [0, 0.1) is 5.82 Å². The van der Waals surface area contributed by atoms with Gasteiger partial charge in [0.2, 0.25) is 6.10 Å². The molecule has 0 saturated heterocycles. The van der Waals surface area contributed by atoms with E-state index in [9.17, 15) is 22.4 Å². The molecule has 0 saturated carbocycles. The summed E-state index contributed by atoms with van der Waals surface area (Å²) in [7, 11) is 0. The molecule has 2 aromatic rings. The zero-order chi connectivity index (χ0) is 19.8. The first kappa shape index (κ1) is 18.8. The summed E-state index contributed by atoms with van der Waals surface area (Å²) in [5, 5.41) is 2.65. The van der Waals surface area contributed by atoms with Gasteiger partial charge >= 0.3 is 6.18 Å². The number of nitrogen functional groups attached to an aromatic ring is 1. The fraction of sp³-hybridized carbons (Fsp3) is 0.278. The number of carbonyl (C=O) groups excluding carboxylic acids is 1. The molecule has 3 rings (SSSR count). The molecular formula is C18H16F4N2O3. The molecule has 1 aliphatic rings. The monoisotopic (exact) mass is 384 g/mol. The van der Waals surface area contributed by atoms with Crippen molar-refractivity contribution in [2.45, 2.75) is 25.2 Å². The third-order valence-electron chi connectivity index (χ3n) is 4.11. The van der Waals surface area contributed by atoms with Crippen molar-refractivity contribution >= 4 is 11.6 Å². The average molecular weight is 384 g/mol. The number of hydrogen-bond acceptors (Lipinski definition) is 4. The van der Waals surface area contributed by atoms with Crippen molar-refractivity contribution in [1.29, 1.82) is 0 Å². The minimum atomic E-state index is -4.50. The van der Waals surface area contributed by atoms with Crippen LogP contribution in [0.4, 0.5) is 23.2 Å². The number of benzene rings is 2. The number of hydrogen-bond donors (Lipinski definition) is 2. The lowest BCUT2D eigenvalue weighted by atomic mass is 10.1. The van der Waals surface area contributed by atoms with Crippen LogP contribution in [-0.4, -0.2) is 18.6 Å². The zero-order valence-corrected chi connectivity index (χ0v) is 14.1. The number of halogens is 4. The summed E-state index contributed by atoms with van der Waals surface area (Å²) in [4.78, 5) is 12.4. The Morgan fingerprint density at radius 3 is 2.63 bits per heavy atom. The number of anilines is 1. The van der Waals surface area contributed by atoms with Gasteiger partial charge in [-0.3, -0.25) is 4.79 Å². The summed E-state index contributed by atoms with van der Waals surface area (Å²) in [6.45, 7) is 1.40. The van der Waals surface area contributed by atoms with Crippen molar-refractivity contribution in [2.24, 2.45) is 0 Å². The molecular weight excluding hydrogens is 368 g/mol. The van der Waals surface area contributed by atoms with Crippen LogP contribution in [0.2, 0.25) is 0 Å². The SMILES string of the molecule is C[C@@H](NC(=O)[C@H]1COc2cc(C(F)(F)F)ccc2O1)c1ccc(N)c(F)c1. The van der Waals surface area contributed by atoms with Gasteiger partial charge < -0.3 is 20.5 Å². The van der Waals surface area contributed by atoms with Gasteiger partial charge in [-0.2, -0.15) is 13.2 Å². The van der Waals surface area contributed by atoms with E-state index in [2.05, 4.69) is 5.32 Å². The Kier molecular flexibility index (Phi) is 4.86. The molecule has 0 fully saturated rings.